The van der Waals surface area contributed by atoms with E-state index in [1.165, 1.54) is 4.68 Å². The van der Waals surface area contributed by atoms with Crippen LogP contribution in [0.5, 0.6) is 0 Å². The Morgan fingerprint density at radius 2 is 2.10 bits per heavy atom. The lowest BCUT2D eigenvalue weighted by Crippen LogP contribution is -2.34. The number of hydrogen-bond donors (Lipinski definition) is 2. The predicted octanol–water partition coefficient (Wildman–Crippen LogP) is -1.15. The van der Waals surface area contributed by atoms with Gasteiger partial charge in [-0.3, -0.25) is 0 Å². The molecular formula is C10H15N5O4S2. The molecule has 0 aliphatic carbocycles. The maximum atomic E-state index is 12.1. The molecule has 2 rings (SSSR count). The van der Waals surface area contributed by atoms with Crippen LogP contribution in [0.3, 0.4) is 0 Å². The molecular weight excluding hydrogens is 318 g/mol. The number of sulfone groups is 2. The summed E-state index contributed by atoms with van der Waals surface area (Å²) in [5.41, 5.74) is 3.67. The number of fused-ring (bicyclic) bond motifs is 1. The summed E-state index contributed by atoms with van der Waals surface area (Å²) in [5, 5.41) is 3.54. The van der Waals surface area contributed by atoms with Crippen molar-refractivity contribution >= 4 is 30.9 Å². The van der Waals surface area contributed by atoms with E-state index in [-0.39, 0.29) is 33.1 Å². The zero-order valence-corrected chi connectivity index (χ0v) is 13.3. The van der Waals surface area contributed by atoms with Crippen LogP contribution in [-0.4, -0.2) is 40.4 Å². The molecule has 9 nitrogen and oxygen atoms in total. The molecule has 11 heteroatoms. The van der Waals surface area contributed by atoms with Gasteiger partial charge in [-0.2, -0.15) is 5.10 Å². The van der Waals surface area contributed by atoms with Gasteiger partial charge in [0, 0.05) is 13.3 Å². The van der Waals surface area contributed by atoms with Gasteiger partial charge in [0.25, 0.3) is 0 Å². The lowest BCUT2D eigenvalue weighted by atomic mass is 10.2. The zero-order valence-electron chi connectivity index (χ0n) is 11.7. The van der Waals surface area contributed by atoms with Crippen molar-refractivity contribution in [3.63, 3.8) is 0 Å². The topological polar surface area (TPSA) is 136 Å². The first kappa shape index (κ1) is 15.5. The van der Waals surface area contributed by atoms with Crippen molar-refractivity contribution in [2.75, 3.05) is 18.7 Å². The van der Waals surface area contributed by atoms with Gasteiger partial charge in [-0.05, 0) is 6.42 Å². The average Bonchev–Trinajstić information content (AvgIpc) is 2.70. The van der Waals surface area contributed by atoms with E-state index in [0.29, 0.717) is 5.55 Å². The molecule has 0 radical (unpaired) electrons. The number of aliphatic imine (C=N–C) groups is 1. The lowest BCUT2D eigenvalue weighted by Gasteiger charge is -2.18. The molecule has 0 aromatic carbocycles. The van der Waals surface area contributed by atoms with Crippen molar-refractivity contribution in [1.29, 1.82) is 0 Å². The highest BCUT2D eigenvalue weighted by atomic mass is 32.2. The molecule has 1 aliphatic rings. The van der Waals surface area contributed by atoms with E-state index in [1.807, 2.05) is 0 Å². The number of nitrogens with zero attached hydrogens (tertiary/aromatic N) is 3. The number of rotatable bonds is 3. The monoisotopic (exact) mass is 333 g/mol. The summed E-state index contributed by atoms with van der Waals surface area (Å²) < 4.78 is 49.8. The van der Waals surface area contributed by atoms with E-state index in [9.17, 15) is 16.8 Å². The van der Waals surface area contributed by atoms with Crippen LogP contribution < -0.4 is 16.8 Å². The summed E-state index contributed by atoms with van der Waals surface area (Å²) in [6.07, 6.45) is 1.21. The molecule has 2 heterocycles. The Hall–Kier alpha value is -1.88. The van der Waals surface area contributed by atoms with Crippen molar-refractivity contribution in [2.24, 2.45) is 15.9 Å². The minimum atomic E-state index is -3.94. The van der Waals surface area contributed by atoms with Crippen molar-refractivity contribution in [1.82, 2.24) is 4.68 Å². The number of hydrogen-bond acceptors (Lipinski definition) is 8. The summed E-state index contributed by atoms with van der Waals surface area (Å²) >= 11 is 0. The average molecular weight is 333 g/mol. The van der Waals surface area contributed by atoms with Crippen LogP contribution >= 0.6 is 0 Å². The maximum Gasteiger partial charge on any atom is 0.220 e. The predicted molar refractivity (Wildman–Crippen MR) is 77.3 cm³/mol. The van der Waals surface area contributed by atoms with Crippen molar-refractivity contribution < 1.29 is 16.8 Å². The molecule has 0 saturated carbocycles. The first-order valence-electron chi connectivity index (χ1n) is 5.91. The highest BCUT2D eigenvalue weighted by Gasteiger charge is 2.35. The molecule has 1 aliphatic heterocycles. The molecule has 1 aromatic rings. The third-order valence-electron chi connectivity index (χ3n) is 3.03. The molecule has 21 heavy (non-hydrogen) atoms. The van der Waals surface area contributed by atoms with Crippen LogP contribution in [0.4, 0.5) is 5.69 Å². The van der Waals surface area contributed by atoms with Crippen molar-refractivity contribution in [3.05, 3.63) is 11.2 Å². The standard InChI is InChI=1S/C10H15N5O4S2/c1-4-6-8(20(3,16)17)9-7(13-5-21(9,18)19)10(14-11)15(6)12-2/h5,12H,4,11H2,1-3H3/b14-10-. The fraction of sp³-hybridized carbons (Fsp3) is 0.400. The van der Waals surface area contributed by atoms with Gasteiger partial charge in [-0.1, -0.05) is 6.92 Å². The van der Waals surface area contributed by atoms with Crippen molar-refractivity contribution in [3.8, 4) is 0 Å². The molecule has 3 N–H and O–H groups in total. The van der Waals surface area contributed by atoms with Gasteiger partial charge in [-0.15, -0.1) is 0 Å². The highest BCUT2D eigenvalue weighted by molar-refractivity contribution is 8.05. The fourth-order valence-corrected chi connectivity index (χ4v) is 5.33. The molecule has 0 bridgehead atoms. The summed E-state index contributed by atoms with van der Waals surface area (Å²) in [6.45, 7) is 1.70. The molecule has 0 unspecified atom stereocenters. The smallest absolute Gasteiger partial charge is 0.220 e. The maximum absolute atomic E-state index is 12.1. The molecule has 0 saturated heterocycles. The largest absolute Gasteiger partial charge is 0.327 e. The summed E-state index contributed by atoms with van der Waals surface area (Å²) in [6, 6.07) is 0. The minimum absolute atomic E-state index is 0.0501. The normalized spacial score (nSPS) is 17.0. The Morgan fingerprint density at radius 1 is 1.48 bits per heavy atom. The molecule has 0 spiro atoms. The molecule has 1 aromatic heterocycles. The second-order valence-corrected chi connectivity index (χ2v) is 8.03. The Balaban J connectivity index is 3.23. The van der Waals surface area contributed by atoms with E-state index in [1.54, 1.807) is 14.0 Å². The summed E-state index contributed by atoms with van der Waals surface area (Å²) in [4.78, 5) is 3.13. The second-order valence-electron chi connectivity index (χ2n) is 4.37. The summed E-state index contributed by atoms with van der Waals surface area (Å²) in [7, 11) is -6.20. The zero-order chi connectivity index (χ0) is 16.0. The first-order chi connectivity index (χ1) is 9.69. The Kier molecular flexibility index (Phi) is 3.58. The molecule has 0 atom stereocenters. The quantitative estimate of drug-likeness (QED) is 0.529. The van der Waals surface area contributed by atoms with Gasteiger partial charge in [0.05, 0.1) is 5.69 Å². The number of nitrogens with one attached hydrogen (secondary N) is 1. The molecule has 116 valence electrons. The van der Waals surface area contributed by atoms with E-state index in [0.717, 1.165) is 6.26 Å². The van der Waals surface area contributed by atoms with Crippen LogP contribution in [0.2, 0.25) is 0 Å². The Bertz CT molecular complexity index is 910. The lowest BCUT2D eigenvalue weighted by molar-refractivity contribution is 0.585. The Labute approximate surface area is 122 Å². The van der Waals surface area contributed by atoms with E-state index < -0.39 is 19.7 Å². The number of aromatic nitrogens is 1. The van der Waals surface area contributed by atoms with Crippen LogP contribution in [0, 0.1) is 0 Å². The van der Waals surface area contributed by atoms with Gasteiger partial charge in [-0.25, -0.2) is 26.5 Å². The number of nitrogens with two attached hydrogens (primary N) is 1. The third-order valence-corrected chi connectivity index (χ3v) is 5.69. The van der Waals surface area contributed by atoms with Gasteiger partial charge in [0.15, 0.2) is 15.3 Å². The highest BCUT2D eigenvalue weighted by Crippen LogP contribution is 2.34. The second kappa shape index (κ2) is 4.84. The van der Waals surface area contributed by atoms with Crippen LogP contribution in [0.15, 0.2) is 19.9 Å². The molecule has 0 amide bonds. The number of pyridine rings is 1. The van der Waals surface area contributed by atoms with Gasteiger partial charge < -0.3 is 11.3 Å². The third kappa shape index (κ3) is 2.21. The van der Waals surface area contributed by atoms with Gasteiger partial charge >= 0.3 is 0 Å². The van der Waals surface area contributed by atoms with Crippen LogP contribution in [0.25, 0.3) is 0 Å². The molecule has 0 fully saturated rings. The minimum Gasteiger partial charge on any atom is -0.327 e. The fourth-order valence-electron chi connectivity index (χ4n) is 2.29. The SMILES string of the molecule is CCc1c(S(C)(=O)=O)c2c(/c(=N/N)n1NC)N=CS2(=O)=O. The first-order valence-corrected chi connectivity index (χ1v) is 9.35. The van der Waals surface area contributed by atoms with Gasteiger partial charge in [0.1, 0.15) is 21.0 Å². The van der Waals surface area contributed by atoms with Crippen LogP contribution in [0.1, 0.15) is 12.6 Å². The van der Waals surface area contributed by atoms with E-state index in [4.69, 9.17) is 5.84 Å². The van der Waals surface area contributed by atoms with Crippen LogP contribution in [-0.2, 0) is 26.1 Å². The summed E-state index contributed by atoms with van der Waals surface area (Å²) in [5.74, 6) is 5.32. The Morgan fingerprint density at radius 3 is 2.52 bits per heavy atom. The van der Waals surface area contributed by atoms with Crippen molar-refractivity contribution in [2.45, 2.75) is 23.1 Å². The van der Waals surface area contributed by atoms with E-state index >= 15 is 0 Å². The van der Waals surface area contributed by atoms with Gasteiger partial charge in [0.2, 0.25) is 9.84 Å². The van der Waals surface area contributed by atoms with E-state index in [2.05, 4.69) is 15.5 Å².